The zero-order valence-corrected chi connectivity index (χ0v) is 13.6. The molecule has 2 aromatic carbocycles. The van der Waals surface area contributed by atoms with Gasteiger partial charge in [-0.25, -0.2) is 14.6 Å². The minimum atomic E-state index is 0.753. The van der Waals surface area contributed by atoms with Crippen molar-refractivity contribution in [2.24, 2.45) is 0 Å². The molecule has 0 spiro atoms. The normalized spacial score (nSPS) is 10.9. The van der Waals surface area contributed by atoms with Gasteiger partial charge >= 0.3 is 0 Å². The summed E-state index contributed by atoms with van der Waals surface area (Å²) in [7, 11) is 0. The van der Waals surface area contributed by atoms with Crippen molar-refractivity contribution in [3.05, 3.63) is 72.2 Å². The van der Waals surface area contributed by atoms with E-state index in [-0.39, 0.29) is 0 Å². The molecule has 0 unspecified atom stereocenters. The number of fused-ring (bicyclic) bond motifs is 1. The quantitative estimate of drug-likeness (QED) is 0.616. The molecule has 0 radical (unpaired) electrons. The van der Waals surface area contributed by atoms with Crippen molar-refractivity contribution in [1.29, 1.82) is 0 Å². The Morgan fingerprint density at radius 1 is 0.917 bits per heavy atom. The van der Waals surface area contributed by atoms with E-state index >= 15 is 0 Å². The van der Waals surface area contributed by atoms with Gasteiger partial charge in [0.05, 0.1) is 17.3 Å². The number of hydrogen-bond donors (Lipinski definition) is 1. The maximum absolute atomic E-state index is 4.50. The molecule has 0 atom stereocenters. The Morgan fingerprint density at radius 3 is 2.54 bits per heavy atom. The molecule has 0 aliphatic rings. The molecule has 24 heavy (non-hydrogen) atoms. The van der Waals surface area contributed by atoms with Gasteiger partial charge in [-0.05, 0) is 43.7 Å². The van der Waals surface area contributed by atoms with Crippen molar-refractivity contribution in [2.75, 3.05) is 5.32 Å². The lowest BCUT2D eigenvalue weighted by Crippen LogP contribution is -1.99. The fourth-order valence-corrected chi connectivity index (χ4v) is 2.67. The summed E-state index contributed by atoms with van der Waals surface area (Å²) < 4.78 is 1.84. The van der Waals surface area contributed by atoms with Gasteiger partial charge in [0, 0.05) is 5.69 Å². The van der Waals surface area contributed by atoms with Crippen molar-refractivity contribution >= 4 is 22.5 Å². The van der Waals surface area contributed by atoms with Gasteiger partial charge in [-0.1, -0.05) is 29.8 Å². The van der Waals surface area contributed by atoms with Crippen molar-refractivity contribution in [3.63, 3.8) is 0 Å². The van der Waals surface area contributed by atoms with Crippen LogP contribution in [-0.2, 0) is 0 Å². The van der Waals surface area contributed by atoms with Gasteiger partial charge in [-0.3, -0.25) is 0 Å². The largest absolute Gasteiger partial charge is 0.340 e. The molecule has 0 bridgehead atoms. The van der Waals surface area contributed by atoms with Crippen LogP contribution in [-0.4, -0.2) is 19.7 Å². The summed E-state index contributed by atoms with van der Waals surface area (Å²) in [5, 5.41) is 8.73. The van der Waals surface area contributed by atoms with Gasteiger partial charge in [0.2, 0.25) is 0 Å². The minimum Gasteiger partial charge on any atom is -0.340 e. The molecule has 0 saturated heterocycles. The van der Waals surface area contributed by atoms with Crippen LogP contribution in [0, 0.1) is 13.8 Å². The van der Waals surface area contributed by atoms with Crippen LogP contribution >= 0.6 is 0 Å². The molecule has 2 heterocycles. The van der Waals surface area contributed by atoms with Crippen LogP contribution in [0.2, 0.25) is 0 Å². The van der Waals surface area contributed by atoms with E-state index in [1.807, 2.05) is 28.9 Å². The first-order valence-electron chi connectivity index (χ1n) is 7.80. The van der Waals surface area contributed by atoms with Gasteiger partial charge in [0.15, 0.2) is 5.65 Å². The maximum atomic E-state index is 4.50. The van der Waals surface area contributed by atoms with Crippen LogP contribution < -0.4 is 5.32 Å². The van der Waals surface area contributed by atoms with Crippen LogP contribution in [0.15, 0.2) is 61.1 Å². The van der Waals surface area contributed by atoms with Crippen LogP contribution in [0.3, 0.4) is 0 Å². The fraction of sp³-hybridized carbons (Fsp3) is 0.105. The average Bonchev–Trinajstić information content (AvgIpc) is 3.02. The Bertz CT molecular complexity index is 1000. The van der Waals surface area contributed by atoms with Crippen molar-refractivity contribution in [2.45, 2.75) is 13.8 Å². The monoisotopic (exact) mass is 315 g/mol. The molecular weight excluding hydrogens is 298 g/mol. The predicted octanol–water partition coefficient (Wildman–Crippen LogP) is 4.18. The lowest BCUT2D eigenvalue weighted by molar-refractivity contribution is 0.894. The van der Waals surface area contributed by atoms with Gasteiger partial charge < -0.3 is 5.32 Å². The highest BCUT2D eigenvalue weighted by Crippen LogP contribution is 2.24. The molecule has 5 nitrogen and oxygen atoms in total. The smallest absolute Gasteiger partial charge is 0.168 e. The second-order valence-electron chi connectivity index (χ2n) is 5.85. The van der Waals surface area contributed by atoms with E-state index in [0.29, 0.717) is 0 Å². The highest BCUT2D eigenvalue weighted by atomic mass is 15.3. The topological polar surface area (TPSA) is 55.6 Å². The Balaban J connectivity index is 1.77. The molecule has 0 saturated carbocycles. The molecule has 5 heteroatoms. The maximum Gasteiger partial charge on any atom is 0.168 e. The highest BCUT2D eigenvalue weighted by molar-refractivity contribution is 5.89. The number of nitrogens with zero attached hydrogens (tertiary/aromatic N) is 4. The second-order valence-corrected chi connectivity index (χ2v) is 5.85. The minimum absolute atomic E-state index is 0.753. The van der Waals surface area contributed by atoms with E-state index in [2.05, 4.69) is 58.5 Å². The zero-order valence-electron chi connectivity index (χ0n) is 13.6. The first-order chi connectivity index (χ1) is 11.7. The predicted molar refractivity (Wildman–Crippen MR) is 95.9 cm³/mol. The Labute approximate surface area is 140 Å². The van der Waals surface area contributed by atoms with Gasteiger partial charge in [0.25, 0.3) is 0 Å². The van der Waals surface area contributed by atoms with Gasteiger partial charge in [0.1, 0.15) is 12.1 Å². The Morgan fingerprint density at radius 2 is 1.75 bits per heavy atom. The number of benzene rings is 2. The summed E-state index contributed by atoms with van der Waals surface area (Å²) in [5.41, 5.74) is 5.17. The van der Waals surface area contributed by atoms with Gasteiger partial charge in [-0.2, -0.15) is 5.10 Å². The molecular formula is C19H17N5. The lowest BCUT2D eigenvalue weighted by Gasteiger charge is -2.07. The molecule has 2 aromatic heterocycles. The van der Waals surface area contributed by atoms with Crippen molar-refractivity contribution < 1.29 is 0 Å². The first kappa shape index (κ1) is 14.4. The second kappa shape index (κ2) is 5.77. The van der Waals surface area contributed by atoms with Crippen molar-refractivity contribution in [3.8, 4) is 5.69 Å². The number of nitrogens with one attached hydrogen (secondary N) is 1. The summed E-state index contributed by atoms with van der Waals surface area (Å²) in [5.74, 6) is 0.753. The van der Waals surface area contributed by atoms with E-state index in [1.54, 1.807) is 12.5 Å². The third-order valence-electron chi connectivity index (χ3n) is 3.93. The molecule has 0 aliphatic carbocycles. The molecule has 1 N–H and O–H groups in total. The molecule has 118 valence electrons. The Kier molecular flexibility index (Phi) is 3.46. The molecule has 0 fully saturated rings. The van der Waals surface area contributed by atoms with E-state index in [1.165, 1.54) is 11.1 Å². The third kappa shape index (κ3) is 2.60. The molecule has 4 aromatic rings. The van der Waals surface area contributed by atoms with Gasteiger partial charge in [-0.15, -0.1) is 0 Å². The van der Waals surface area contributed by atoms with Crippen LogP contribution in [0.4, 0.5) is 11.5 Å². The molecule has 0 amide bonds. The summed E-state index contributed by atoms with van der Waals surface area (Å²) in [4.78, 5) is 8.79. The number of rotatable bonds is 3. The van der Waals surface area contributed by atoms with Crippen LogP contribution in [0.25, 0.3) is 16.7 Å². The van der Waals surface area contributed by atoms with Crippen LogP contribution in [0.1, 0.15) is 11.1 Å². The van der Waals surface area contributed by atoms with E-state index in [4.69, 9.17) is 0 Å². The summed E-state index contributed by atoms with van der Waals surface area (Å²) >= 11 is 0. The SMILES string of the molecule is Cc1ccc(Nc2ncnc3c2cnn3-c2cccc(C)c2)cc1. The molecule has 0 aliphatic heterocycles. The first-order valence-corrected chi connectivity index (χ1v) is 7.80. The summed E-state index contributed by atoms with van der Waals surface area (Å²) in [6, 6.07) is 16.4. The third-order valence-corrected chi connectivity index (χ3v) is 3.93. The average molecular weight is 315 g/mol. The fourth-order valence-electron chi connectivity index (χ4n) is 2.67. The van der Waals surface area contributed by atoms with Crippen LogP contribution in [0.5, 0.6) is 0 Å². The van der Waals surface area contributed by atoms with E-state index in [9.17, 15) is 0 Å². The number of anilines is 2. The van der Waals surface area contributed by atoms with Crippen molar-refractivity contribution in [1.82, 2.24) is 19.7 Å². The zero-order chi connectivity index (χ0) is 16.5. The standard InChI is InChI=1S/C19H17N5/c1-13-6-8-15(9-7-13)23-18-17-11-22-24(19(17)21-12-20-18)16-5-3-4-14(2)10-16/h3-12H,1-2H3,(H,20,21,23). The summed E-state index contributed by atoms with van der Waals surface area (Å²) in [6.07, 6.45) is 3.36. The summed E-state index contributed by atoms with van der Waals surface area (Å²) in [6.45, 7) is 4.13. The Hall–Kier alpha value is -3.21. The number of hydrogen-bond acceptors (Lipinski definition) is 4. The molecule has 4 rings (SSSR count). The number of aromatic nitrogens is 4. The van der Waals surface area contributed by atoms with E-state index in [0.717, 1.165) is 28.2 Å². The number of aryl methyl sites for hydroxylation is 2. The lowest BCUT2D eigenvalue weighted by atomic mass is 10.2. The highest BCUT2D eigenvalue weighted by Gasteiger charge is 2.11. The van der Waals surface area contributed by atoms with E-state index < -0.39 is 0 Å².